The molecule has 0 fully saturated rings. The van der Waals surface area contributed by atoms with Gasteiger partial charge >= 0.3 is 5.97 Å². The quantitative estimate of drug-likeness (QED) is 0.870. The van der Waals surface area contributed by atoms with Gasteiger partial charge in [0.05, 0.1) is 18.4 Å². The Bertz CT molecular complexity index is 600. The van der Waals surface area contributed by atoms with Crippen LogP contribution in [0.4, 0.5) is 0 Å². The Labute approximate surface area is 126 Å². The van der Waals surface area contributed by atoms with E-state index < -0.39 is 5.97 Å². The molecule has 0 aliphatic rings. The van der Waals surface area contributed by atoms with Crippen LogP contribution >= 0.6 is 23.4 Å². The normalized spacial score (nSPS) is 12.3. The third kappa shape index (κ3) is 4.28. The number of hydrogen-bond acceptors (Lipinski definition) is 4. The molecular weight excluding hydrogens is 298 g/mol. The molecule has 1 N–H and O–H groups in total. The number of carboxylic acid groups (broad SMARTS) is 1. The van der Waals surface area contributed by atoms with E-state index in [1.165, 1.54) is 11.8 Å². The number of aliphatic carboxylic acids is 1. The molecule has 0 aliphatic heterocycles. The average molecular weight is 312 g/mol. The van der Waals surface area contributed by atoms with E-state index in [2.05, 4.69) is 4.98 Å². The van der Waals surface area contributed by atoms with Crippen LogP contribution < -0.4 is 0 Å². The Morgan fingerprint density at radius 1 is 1.55 bits per heavy atom. The SMILES string of the molecule is CC(CC(=O)O)SCc1ncc(-c2cccc(Cl)c2)o1. The lowest BCUT2D eigenvalue weighted by Crippen LogP contribution is -2.05. The van der Waals surface area contributed by atoms with Gasteiger partial charge in [-0.05, 0) is 12.1 Å². The zero-order valence-electron chi connectivity index (χ0n) is 10.9. The first kappa shape index (κ1) is 14.9. The summed E-state index contributed by atoms with van der Waals surface area (Å²) in [5.41, 5.74) is 0.875. The van der Waals surface area contributed by atoms with Crippen LogP contribution in [0.5, 0.6) is 0 Å². The second-order valence-corrected chi connectivity index (χ2v) is 6.21. The van der Waals surface area contributed by atoms with Crippen molar-refractivity contribution in [3.8, 4) is 11.3 Å². The van der Waals surface area contributed by atoms with Crippen LogP contribution in [0.1, 0.15) is 19.2 Å². The highest BCUT2D eigenvalue weighted by Crippen LogP contribution is 2.26. The molecule has 2 aromatic rings. The Morgan fingerprint density at radius 3 is 3.05 bits per heavy atom. The number of rotatable bonds is 6. The molecule has 0 saturated heterocycles. The summed E-state index contributed by atoms with van der Waals surface area (Å²) in [6, 6.07) is 7.36. The molecule has 0 aliphatic carbocycles. The van der Waals surface area contributed by atoms with E-state index in [1.807, 2.05) is 25.1 Å². The van der Waals surface area contributed by atoms with Crippen molar-refractivity contribution in [1.82, 2.24) is 4.98 Å². The zero-order chi connectivity index (χ0) is 14.5. The highest BCUT2D eigenvalue weighted by molar-refractivity contribution is 7.99. The largest absolute Gasteiger partial charge is 0.481 e. The third-order valence-corrected chi connectivity index (χ3v) is 4.00. The Morgan fingerprint density at radius 2 is 2.35 bits per heavy atom. The zero-order valence-corrected chi connectivity index (χ0v) is 12.4. The molecule has 0 spiro atoms. The fraction of sp³-hybridized carbons (Fsp3) is 0.286. The van der Waals surface area contributed by atoms with Crippen molar-refractivity contribution in [3.05, 3.63) is 41.4 Å². The van der Waals surface area contributed by atoms with Crippen LogP contribution in [0.25, 0.3) is 11.3 Å². The van der Waals surface area contributed by atoms with Gasteiger partial charge in [-0.15, -0.1) is 11.8 Å². The molecule has 1 aromatic carbocycles. The summed E-state index contributed by atoms with van der Waals surface area (Å²) in [6.45, 7) is 1.87. The van der Waals surface area contributed by atoms with Gasteiger partial charge in [0.2, 0.25) is 5.89 Å². The summed E-state index contributed by atoms with van der Waals surface area (Å²) in [4.78, 5) is 14.8. The number of carboxylic acids is 1. The van der Waals surface area contributed by atoms with Crippen LogP contribution in [0.3, 0.4) is 0 Å². The van der Waals surface area contributed by atoms with E-state index in [0.717, 1.165) is 5.56 Å². The fourth-order valence-corrected chi connectivity index (χ4v) is 2.68. The van der Waals surface area contributed by atoms with E-state index in [4.69, 9.17) is 21.1 Å². The maximum atomic E-state index is 10.6. The van der Waals surface area contributed by atoms with Gasteiger partial charge in [0.1, 0.15) is 0 Å². The molecule has 6 heteroatoms. The van der Waals surface area contributed by atoms with E-state index in [9.17, 15) is 4.79 Å². The molecule has 4 nitrogen and oxygen atoms in total. The van der Waals surface area contributed by atoms with E-state index in [1.54, 1.807) is 12.3 Å². The van der Waals surface area contributed by atoms with Crippen molar-refractivity contribution in [1.29, 1.82) is 0 Å². The molecule has 1 heterocycles. The number of carbonyl (C=O) groups is 1. The summed E-state index contributed by atoms with van der Waals surface area (Å²) in [5.74, 6) is 1.00. The van der Waals surface area contributed by atoms with E-state index in [0.29, 0.717) is 22.4 Å². The topological polar surface area (TPSA) is 63.3 Å². The van der Waals surface area contributed by atoms with Crippen molar-refractivity contribution >= 4 is 29.3 Å². The van der Waals surface area contributed by atoms with Crippen LogP contribution in [-0.4, -0.2) is 21.3 Å². The number of nitrogens with zero attached hydrogens (tertiary/aromatic N) is 1. The molecule has 1 aromatic heterocycles. The van der Waals surface area contributed by atoms with Gasteiger partial charge in [0.15, 0.2) is 5.76 Å². The predicted octanol–water partition coefficient (Wildman–Crippen LogP) is 4.09. The first-order valence-electron chi connectivity index (χ1n) is 6.08. The highest BCUT2D eigenvalue weighted by Gasteiger charge is 2.11. The van der Waals surface area contributed by atoms with Gasteiger partial charge in [0.25, 0.3) is 0 Å². The maximum Gasteiger partial charge on any atom is 0.304 e. The smallest absolute Gasteiger partial charge is 0.304 e. The van der Waals surface area contributed by atoms with Crippen molar-refractivity contribution < 1.29 is 14.3 Å². The van der Waals surface area contributed by atoms with Gasteiger partial charge < -0.3 is 9.52 Å². The molecule has 0 radical (unpaired) electrons. The van der Waals surface area contributed by atoms with Crippen LogP contribution in [-0.2, 0) is 10.5 Å². The monoisotopic (exact) mass is 311 g/mol. The first-order chi connectivity index (χ1) is 9.54. The summed E-state index contributed by atoms with van der Waals surface area (Å²) in [7, 11) is 0. The van der Waals surface area contributed by atoms with Crippen molar-refractivity contribution in [2.24, 2.45) is 0 Å². The second kappa shape index (κ2) is 6.81. The number of aromatic nitrogens is 1. The number of oxazole rings is 1. The minimum atomic E-state index is -0.794. The summed E-state index contributed by atoms with van der Waals surface area (Å²) < 4.78 is 5.64. The number of halogens is 1. The van der Waals surface area contributed by atoms with Gasteiger partial charge in [-0.25, -0.2) is 4.98 Å². The molecular formula is C14H14ClNO3S. The van der Waals surface area contributed by atoms with Gasteiger partial charge in [0, 0.05) is 15.8 Å². The molecule has 0 saturated carbocycles. The molecule has 0 bridgehead atoms. The Balaban J connectivity index is 1.97. The fourth-order valence-electron chi connectivity index (χ4n) is 1.67. The molecule has 20 heavy (non-hydrogen) atoms. The number of thioether (sulfide) groups is 1. The van der Waals surface area contributed by atoms with Crippen molar-refractivity contribution in [2.75, 3.05) is 0 Å². The third-order valence-electron chi connectivity index (χ3n) is 2.62. The second-order valence-electron chi connectivity index (χ2n) is 4.35. The number of benzene rings is 1. The molecule has 0 amide bonds. The molecule has 2 rings (SSSR count). The van der Waals surface area contributed by atoms with Crippen molar-refractivity contribution in [2.45, 2.75) is 24.3 Å². The van der Waals surface area contributed by atoms with Crippen molar-refractivity contribution in [3.63, 3.8) is 0 Å². The summed E-state index contributed by atoms with van der Waals surface area (Å²) >= 11 is 7.44. The van der Waals surface area contributed by atoms with Crippen LogP contribution in [0.15, 0.2) is 34.9 Å². The van der Waals surface area contributed by atoms with E-state index in [-0.39, 0.29) is 11.7 Å². The lowest BCUT2D eigenvalue weighted by atomic mass is 10.2. The van der Waals surface area contributed by atoms with Crippen LogP contribution in [0, 0.1) is 0 Å². The molecule has 1 unspecified atom stereocenters. The average Bonchev–Trinajstić information content (AvgIpc) is 2.84. The minimum Gasteiger partial charge on any atom is -0.481 e. The minimum absolute atomic E-state index is 0.0222. The summed E-state index contributed by atoms with van der Waals surface area (Å²) in [5, 5.41) is 9.36. The van der Waals surface area contributed by atoms with Crippen LogP contribution in [0.2, 0.25) is 5.02 Å². The number of hydrogen-bond donors (Lipinski definition) is 1. The highest BCUT2D eigenvalue weighted by atomic mass is 35.5. The first-order valence-corrected chi connectivity index (χ1v) is 7.51. The lowest BCUT2D eigenvalue weighted by Gasteiger charge is -2.05. The Hall–Kier alpha value is -1.46. The van der Waals surface area contributed by atoms with Gasteiger partial charge in [-0.3, -0.25) is 4.79 Å². The van der Waals surface area contributed by atoms with Gasteiger partial charge in [-0.1, -0.05) is 30.7 Å². The lowest BCUT2D eigenvalue weighted by molar-refractivity contribution is -0.136. The Kier molecular flexibility index (Phi) is 5.09. The van der Waals surface area contributed by atoms with E-state index >= 15 is 0 Å². The maximum absolute atomic E-state index is 10.6. The standard InChI is InChI=1S/C14H14ClNO3S/c1-9(5-14(17)18)20-8-13-16-7-12(19-13)10-3-2-4-11(15)6-10/h2-4,6-7,9H,5,8H2,1H3,(H,17,18). The molecule has 106 valence electrons. The summed E-state index contributed by atoms with van der Waals surface area (Å²) in [6.07, 6.45) is 1.79. The van der Waals surface area contributed by atoms with Gasteiger partial charge in [-0.2, -0.15) is 0 Å². The predicted molar refractivity (Wildman–Crippen MR) is 80.0 cm³/mol. The molecule has 1 atom stereocenters.